The van der Waals surface area contributed by atoms with Crippen LogP contribution in [0.2, 0.25) is 0 Å². The van der Waals surface area contributed by atoms with Crippen LogP contribution in [0.15, 0.2) is 64.6 Å². The number of nitrogens with one attached hydrogen (secondary N) is 1. The van der Waals surface area contributed by atoms with Crippen molar-refractivity contribution in [2.45, 2.75) is 41.7 Å². The molecule has 0 aliphatic carbocycles. The number of carbonyl (C=O) groups excluding carboxylic acids is 1. The number of thioether (sulfide) groups is 2. The molecule has 3 rings (SSSR count). The Morgan fingerprint density at radius 1 is 1.09 bits per heavy atom. The van der Waals surface area contributed by atoms with Gasteiger partial charge in [0.25, 0.3) is 5.76 Å². The van der Waals surface area contributed by atoms with Crippen LogP contribution in [0.1, 0.15) is 30.8 Å². The van der Waals surface area contributed by atoms with E-state index in [1.807, 2.05) is 49.0 Å². The van der Waals surface area contributed by atoms with Crippen LogP contribution in [0.25, 0.3) is 0 Å². The Hall–Kier alpha value is -2.43. The number of para-hydroxylation sites is 1. The van der Waals surface area contributed by atoms with E-state index in [0.717, 1.165) is 17.8 Å². The molecule has 0 saturated heterocycles. The number of amides is 1. The Morgan fingerprint density at radius 3 is 2.45 bits per heavy atom. The van der Waals surface area contributed by atoms with E-state index >= 15 is 0 Å². The van der Waals surface area contributed by atoms with Crippen LogP contribution in [0.5, 0.6) is 0 Å². The number of rotatable bonds is 11. The fourth-order valence-corrected chi connectivity index (χ4v) is 4.77. The minimum atomic E-state index is -2.56. The first-order valence-corrected chi connectivity index (χ1v) is 12.4. The molecular weight excluding hydrogens is 464 g/mol. The Balaban J connectivity index is 1.76. The summed E-state index contributed by atoms with van der Waals surface area (Å²) in [5.41, 5.74) is 1.48. The van der Waals surface area contributed by atoms with E-state index in [1.54, 1.807) is 24.3 Å². The molecular formula is C23H27F2N5OS2. The maximum Gasteiger partial charge on any atom is 0.288 e. The zero-order valence-corrected chi connectivity index (χ0v) is 20.4. The summed E-state index contributed by atoms with van der Waals surface area (Å²) < 4.78 is 27.7. The van der Waals surface area contributed by atoms with Crippen molar-refractivity contribution < 1.29 is 13.6 Å². The molecule has 0 fully saturated rings. The van der Waals surface area contributed by atoms with Gasteiger partial charge in [0.1, 0.15) is 0 Å². The lowest BCUT2D eigenvalue weighted by molar-refractivity contribution is -0.113. The van der Waals surface area contributed by atoms with Crippen LogP contribution in [0.4, 0.5) is 14.5 Å². The third-order valence-electron chi connectivity index (χ3n) is 4.95. The first kappa shape index (κ1) is 25.2. The van der Waals surface area contributed by atoms with Crippen LogP contribution in [-0.2, 0) is 11.3 Å². The Bertz CT molecular complexity index is 1050. The molecule has 1 unspecified atom stereocenters. The third kappa shape index (κ3) is 7.02. The summed E-state index contributed by atoms with van der Waals surface area (Å²) in [4.78, 5) is 15.0. The second kappa shape index (κ2) is 12.2. The molecule has 1 heterocycles. The predicted molar refractivity (Wildman–Crippen MR) is 130 cm³/mol. The highest BCUT2D eigenvalue weighted by Gasteiger charge is 2.23. The number of benzene rings is 2. The lowest BCUT2D eigenvalue weighted by Gasteiger charge is -2.23. The number of hydrogen-bond acceptors (Lipinski definition) is 6. The normalized spacial score (nSPS) is 12.3. The maximum absolute atomic E-state index is 12.8. The molecule has 0 radical (unpaired) electrons. The number of nitrogens with zero attached hydrogens (tertiary/aromatic N) is 4. The summed E-state index contributed by atoms with van der Waals surface area (Å²) in [5.74, 6) is -1.93. The molecule has 0 spiro atoms. The first-order valence-electron chi connectivity index (χ1n) is 10.5. The molecule has 10 heteroatoms. The van der Waals surface area contributed by atoms with E-state index in [-0.39, 0.29) is 17.7 Å². The van der Waals surface area contributed by atoms with Gasteiger partial charge in [-0.25, -0.2) is 0 Å². The van der Waals surface area contributed by atoms with Gasteiger partial charge in [0.2, 0.25) is 5.91 Å². The van der Waals surface area contributed by atoms with E-state index in [2.05, 4.69) is 27.3 Å². The molecule has 33 heavy (non-hydrogen) atoms. The molecule has 1 N–H and O–H groups in total. The summed E-state index contributed by atoms with van der Waals surface area (Å²) in [6.45, 7) is 2.69. The standard InChI is InChI=1S/C23H27F2N5OS2/c1-4-18(29(2)3)21-27-28-23(30(21)14-16-10-6-5-7-11-16)32-15-20(31)26-17-12-8-9-13-19(17)33-22(24)25/h5-13,18,22H,4,14-15H2,1-3H3,(H,26,31). The molecule has 2 aromatic carbocycles. The van der Waals surface area contributed by atoms with Gasteiger partial charge in [-0.3, -0.25) is 9.69 Å². The summed E-state index contributed by atoms with van der Waals surface area (Å²) in [5, 5.41) is 12.2. The fourth-order valence-electron chi connectivity index (χ4n) is 3.43. The molecule has 0 bridgehead atoms. The van der Waals surface area contributed by atoms with Gasteiger partial charge in [0, 0.05) is 4.90 Å². The van der Waals surface area contributed by atoms with Gasteiger partial charge in [-0.05, 0) is 38.2 Å². The van der Waals surface area contributed by atoms with E-state index in [0.29, 0.717) is 34.0 Å². The average molecular weight is 492 g/mol. The summed E-state index contributed by atoms with van der Waals surface area (Å²) in [6.07, 6.45) is 0.865. The van der Waals surface area contributed by atoms with Gasteiger partial charge in [-0.15, -0.1) is 10.2 Å². The van der Waals surface area contributed by atoms with Crippen molar-refractivity contribution in [2.75, 3.05) is 25.2 Å². The van der Waals surface area contributed by atoms with Crippen LogP contribution in [0, 0.1) is 0 Å². The number of anilines is 1. The molecule has 6 nitrogen and oxygen atoms in total. The molecule has 1 atom stereocenters. The minimum absolute atomic E-state index is 0.0827. The molecule has 0 saturated carbocycles. The molecule has 1 amide bonds. The second-order valence-corrected chi connectivity index (χ2v) is 9.49. The summed E-state index contributed by atoms with van der Waals surface area (Å²) in [7, 11) is 4.01. The van der Waals surface area contributed by atoms with Gasteiger partial charge in [0.05, 0.1) is 24.0 Å². The Kier molecular flexibility index (Phi) is 9.28. The zero-order chi connectivity index (χ0) is 23.8. The number of carbonyl (C=O) groups is 1. The van der Waals surface area contributed by atoms with E-state index in [4.69, 9.17) is 0 Å². The highest BCUT2D eigenvalue weighted by Crippen LogP contribution is 2.32. The monoisotopic (exact) mass is 491 g/mol. The van der Waals surface area contributed by atoms with Gasteiger partial charge in [0.15, 0.2) is 11.0 Å². The molecule has 3 aromatic rings. The quantitative estimate of drug-likeness (QED) is 0.363. The smallest absolute Gasteiger partial charge is 0.288 e. The largest absolute Gasteiger partial charge is 0.324 e. The second-order valence-electron chi connectivity index (χ2n) is 7.51. The van der Waals surface area contributed by atoms with E-state index in [9.17, 15) is 13.6 Å². The van der Waals surface area contributed by atoms with Crippen molar-refractivity contribution in [3.63, 3.8) is 0 Å². The van der Waals surface area contributed by atoms with Crippen molar-refractivity contribution in [3.05, 3.63) is 66.0 Å². The van der Waals surface area contributed by atoms with Crippen LogP contribution < -0.4 is 5.32 Å². The number of hydrogen-bond donors (Lipinski definition) is 1. The van der Waals surface area contributed by atoms with Crippen molar-refractivity contribution in [3.8, 4) is 0 Å². The molecule has 1 aromatic heterocycles. The van der Waals surface area contributed by atoms with Gasteiger partial charge in [-0.1, -0.05) is 72.9 Å². The molecule has 0 aliphatic rings. The van der Waals surface area contributed by atoms with Crippen molar-refractivity contribution in [1.29, 1.82) is 0 Å². The highest BCUT2D eigenvalue weighted by atomic mass is 32.2. The highest BCUT2D eigenvalue weighted by molar-refractivity contribution is 8.00. The van der Waals surface area contributed by atoms with Crippen LogP contribution in [0.3, 0.4) is 0 Å². The maximum atomic E-state index is 12.8. The number of aromatic nitrogens is 3. The van der Waals surface area contributed by atoms with Crippen molar-refractivity contribution in [2.24, 2.45) is 0 Å². The zero-order valence-electron chi connectivity index (χ0n) is 18.7. The first-order chi connectivity index (χ1) is 15.9. The van der Waals surface area contributed by atoms with Gasteiger partial charge < -0.3 is 9.88 Å². The minimum Gasteiger partial charge on any atom is -0.324 e. The van der Waals surface area contributed by atoms with Crippen LogP contribution in [-0.4, -0.2) is 51.2 Å². The lowest BCUT2D eigenvalue weighted by Crippen LogP contribution is -2.23. The van der Waals surface area contributed by atoms with E-state index in [1.165, 1.54) is 11.8 Å². The van der Waals surface area contributed by atoms with Gasteiger partial charge in [-0.2, -0.15) is 8.78 Å². The van der Waals surface area contributed by atoms with Gasteiger partial charge >= 0.3 is 0 Å². The summed E-state index contributed by atoms with van der Waals surface area (Å²) >= 11 is 1.69. The molecule has 0 aliphatic heterocycles. The van der Waals surface area contributed by atoms with Crippen molar-refractivity contribution in [1.82, 2.24) is 19.7 Å². The third-order valence-corrected chi connectivity index (χ3v) is 6.70. The molecule has 176 valence electrons. The number of alkyl halides is 2. The average Bonchev–Trinajstić information content (AvgIpc) is 3.16. The number of halogens is 2. The fraction of sp³-hybridized carbons (Fsp3) is 0.348. The van der Waals surface area contributed by atoms with Crippen LogP contribution >= 0.6 is 23.5 Å². The SMILES string of the molecule is CCC(c1nnc(SCC(=O)Nc2ccccc2SC(F)F)n1Cc1ccccc1)N(C)C. The van der Waals surface area contributed by atoms with Crippen molar-refractivity contribution >= 4 is 35.1 Å². The Labute approximate surface area is 201 Å². The Morgan fingerprint density at radius 2 is 1.79 bits per heavy atom. The summed E-state index contributed by atoms with van der Waals surface area (Å²) in [6, 6.07) is 16.6. The topological polar surface area (TPSA) is 63.1 Å². The van der Waals surface area contributed by atoms with E-state index < -0.39 is 5.76 Å². The lowest BCUT2D eigenvalue weighted by atomic mass is 10.2. The predicted octanol–water partition coefficient (Wildman–Crippen LogP) is 5.38.